The number of hydrogen-bond acceptors (Lipinski definition) is 1. The number of rotatable bonds is 1. The van der Waals surface area contributed by atoms with Crippen LogP contribution in [0.15, 0.2) is 30.3 Å². The van der Waals surface area contributed by atoms with Crippen molar-refractivity contribution in [1.29, 1.82) is 0 Å². The molecule has 2 aromatic carbocycles. The van der Waals surface area contributed by atoms with Crippen LogP contribution in [-0.4, -0.2) is 0 Å². The van der Waals surface area contributed by atoms with Crippen molar-refractivity contribution in [3.05, 3.63) is 52.0 Å². The first-order valence-electron chi connectivity index (χ1n) is 4.69. The molecule has 88 valence electrons. The van der Waals surface area contributed by atoms with E-state index in [-0.39, 0.29) is 16.3 Å². The fraction of sp³-hybridized carbons (Fsp3) is 0. The van der Waals surface area contributed by atoms with Crippen LogP contribution < -0.4 is 5.73 Å². The molecule has 0 atom stereocenters. The van der Waals surface area contributed by atoms with Crippen molar-refractivity contribution in [3.8, 4) is 11.1 Å². The van der Waals surface area contributed by atoms with E-state index in [1.807, 2.05) is 0 Å². The van der Waals surface area contributed by atoms with Gasteiger partial charge in [-0.05, 0) is 29.8 Å². The molecule has 0 aliphatic heterocycles. The number of nitrogens with two attached hydrogens (primary N) is 1. The van der Waals surface area contributed by atoms with E-state index in [1.54, 1.807) is 0 Å². The zero-order chi connectivity index (χ0) is 12.6. The first-order chi connectivity index (χ1) is 8.00. The highest BCUT2D eigenvalue weighted by Gasteiger charge is 2.14. The standard InChI is InChI=1S/C12H7Cl2F2N/c13-7-2-1-6(5-8(7)14)11-9(15)3-4-10(17)12(11)16/h1-5H,17H2. The molecule has 0 fully saturated rings. The highest BCUT2D eigenvalue weighted by molar-refractivity contribution is 6.42. The van der Waals surface area contributed by atoms with E-state index in [1.165, 1.54) is 24.3 Å². The van der Waals surface area contributed by atoms with E-state index in [9.17, 15) is 8.78 Å². The number of anilines is 1. The minimum atomic E-state index is -0.802. The summed E-state index contributed by atoms with van der Waals surface area (Å²) in [4.78, 5) is 0. The van der Waals surface area contributed by atoms with Gasteiger partial charge in [0.1, 0.15) is 5.82 Å². The van der Waals surface area contributed by atoms with Crippen LogP contribution in [-0.2, 0) is 0 Å². The molecule has 0 spiro atoms. The number of halogens is 4. The molecule has 0 unspecified atom stereocenters. The molecule has 2 aromatic rings. The highest BCUT2D eigenvalue weighted by atomic mass is 35.5. The minimum Gasteiger partial charge on any atom is -0.396 e. The molecule has 0 radical (unpaired) electrons. The summed E-state index contributed by atoms with van der Waals surface area (Å²) in [6, 6.07) is 6.63. The Kier molecular flexibility index (Phi) is 3.22. The molecule has 0 aliphatic rings. The Morgan fingerprint density at radius 3 is 2.29 bits per heavy atom. The van der Waals surface area contributed by atoms with Gasteiger partial charge >= 0.3 is 0 Å². The molecule has 0 bridgehead atoms. The Labute approximate surface area is 107 Å². The van der Waals surface area contributed by atoms with Crippen molar-refractivity contribution in [1.82, 2.24) is 0 Å². The monoisotopic (exact) mass is 273 g/mol. The predicted octanol–water partition coefficient (Wildman–Crippen LogP) is 4.52. The molecular formula is C12H7Cl2F2N. The van der Waals surface area contributed by atoms with Crippen molar-refractivity contribution < 1.29 is 8.78 Å². The third-order valence-corrected chi connectivity index (χ3v) is 3.07. The van der Waals surface area contributed by atoms with Gasteiger partial charge in [-0.25, -0.2) is 8.78 Å². The van der Waals surface area contributed by atoms with Gasteiger partial charge in [0.2, 0.25) is 0 Å². The molecule has 2 N–H and O–H groups in total. The lowest BCUT2D eigenvalue weighted by atomic mass is 10.0. The van der Waals surface area contributed by atoms with Gasteiger partial charge in [0.25, 0.3) is 0 Å². The molecular weight excluding hydrogens is 267 g/mol. The maximum Gasteiger partial charge on any atom is 0.156 e. The second kappa shape index (κ2) is 4.51. The third kappa shape index (κ3) is 2.21. The fourth-order valence-corrected chi connectivity index (χ4v) is 1.78. The quantitative estimate of drug-likeness (QED) is 0.760. The lowest BCUT2D eigenvalue weighted by Gasteiger charge is -2.08. The summed E-state index contributed by atoms with van der Waals surface area (Å²) in [5, 5.41) is 0.547. The molecule has 0 saturated heterocycles. The van der Waals surface area contributed by atoms with Crippen molar-refractivity contribution >= 4 is 28.9 Å². The van der Waals surface area contributed by atoms with Crippen LogP contribution in [0, 0.1) is 11.6 Å². The first kappa shape index (κ1) is 12.1. The van der Waals surface area contributed by atoms with Crippen LogP contribution >= 0.6 is 23.2 Å². The number of benzene rings is 2. The fourth-order valence-electron chi connectivity index (χ4n) is 1.48. The van der Waals surface area contributed by atoms with Gasteiger partial charge in [-0.1, -0.05) is 29.3 Å². The van der Waals surface area contributed by atoms with E-state index >= 15 is 0 Å². The lowest BCUT2D eigenvalue weighted by molar-refractivity contribution is 0.592. The molecule has 2 rings (SSSR count). The summed E-state index contributed by atoms with van der Waals surface area (Å²) in [6.45, 7) is 0. The first-order valence-corrected chi connectivity index (χ1v) is 5.45. The van der Waals surface area contributed by atoms with Gasteiger partial charge in [0.05, 0.1) is 21.3 Å². The SMILES string of the molecule is Nc1ccc(F)c(-c2ccc(Cl)c(Cl)c2)c1F. The van der Waals surface area contributed by atoms with Crippen molar-refractivity contribution in [2.45, 2.75) is 0 Å². The second-order valence-electron chi connectivity index (χ2n) is 3.45. The summed E-state index contributed by atoms with van der Waals surface area (Å²) in [5.41, 5.74) is 5.36. The molecule has 0 saturated carbocycles. The predicted molar refractivity (Wildman–Crippen MR) is 66.2 cm³/mol. The molecule has 0 aromatic heterocycles. The Hall–Kier alpha value is -1.32. The van der Waals surface area contributed by atoms with Gasteiger partial charge in [0.15, 0.2) is 5.82 Å². The average molecular weight is 274 g/mol. The van der Waals surface area contributed by atoms with Crippen molar-refractivity contribution in [3.63, 3.8) is 0 Å². The molecule has 1 nitrogen and oxygen atoms in total. The molecule has 0 heterocycles. The Morgan fingerprint density at radius 1 is 0.941 bits per heavy atom. The third-order valence-electron chi connectivity index (χ3n) is 2.33. The van der Waals surface area contributed by atoms with Crippen LogP contribution in [0.5, 0.6) is 0 Å². The molecule has 0 amide bonds. The summed E-state index contributed by atoms with van der Waals surface area (Å²) >= 11 is 11.5. The van der Waals surface area contributed by atoms with Gasteiger partial charge in [-0.15, -0.1) is 0 Å². The van der Waals surface area contributed by atoms with E-state index in [4.69, 9.17) is 28.9 Å². The molecule has 5 heteroatoms. The number of nitrogen functional groups attached to an aromatic ring is 1. The maximum absolute atomic E-state index is 13.7. The summed E-state index contributed by atoms with van der Waals surface area (Å²) < 4.78 is 27.3. The molecule has 0 aliphatic carbocycles. The largest absolute Gasteiger partial charge is 0.396 e. The van der Waals surface area contributed by atoms with Crippen LogP contribution in [0.25, 0.3) is 11.1 Å². The normalized spacial score (nSPS) is 10.6. The van der Waals surface area contributed by atoms with Crippen molar-refractivity contribution in [2.75, 3.05) is 5.73 Å². The zero-order valence-corrected chi connectivity index (χ0v) is 9.99. The van der Waals surface area contributed by atoms with E-state index in [0.717, 1.165) is 6.07 Å². The molecule has 17 heavy (non-hydrogen) atoms. The highest BCUT2D eigenvalue weighted by Crippen LogP contribution is 2.33. The van der Waals surface area contributed by atoms with E-state index in [0.29, 0.717) is 10.6 Å². The minimum absolute atomic E-state index is 0.118. The summed E-state index contributed by atoms with van der Waals surface area (Å²) in [6.07, 6.45) is 0. The van der Waals surface area contributed by atoms with Crippen LogP contribution in [0.2, 0.25) is 10.0 Å². The van der Waals surface area contributed by atoms with Crippen LogP contribution in [0.1, 0.15) is 0 Å². The topological polar surface area (TPSA) is 26.0 Å². The van der Waals surface area contributed by atoms with Gasteiger partial charge in [0, 0.05) is 0 Å². The maximum atomic E-state index is 13.7. The summed E-state index contributed by atoms with van der Waals surface area (Å²) in [7, 11) is 0. The Morgan fingerprint density at radius 2 is 1.65 bits per heavy atom. The second-order valence-corrected chi connectivity index (χ2v) is 4.27. The van der Waals surface area contributed by atoms with E-state index in [2.05, 4.69) is 0 Å². The van der Waals surface area contributed by atoms with Gasteiger partial charge in [-0.2, -0.15) is 0 Å². The van der Waals surface area contributed by atoms with Crippen LogP contribution in [0.3, 0.4) is 0 Å². The average Bonchev–Trinajstić information content (AvgIpc) is 2.29. The van der Waals surface area contributed by atoms with Gasteiger partial charge in [-0.3, -0.25) is 0 Å². The zero-order valence-electron chi connectivity index (χ0n) is 8.48. The van der Waals surface area contributed by atoms with Crippen LogP contribution in [0.4, 0.5) is 14.5 Å². The summed E-state index contributed by atoms with van der Waals surface area (Å²) in [5.74, 6) is -1.50. The Balaban J connectivity index is 2.68. The lowest BCUT2D eigenvalue weighted by Crippen LogP contribution is -1.96. The van der Waals surface area contributed by atoms with Gasteiger partial charge < -0.3 is 5.73 Å². The number of hydrogen-bond donors (Lipinski definition) is 1. The van der Waals surface area contributed by atoms with Crippen molar-refractivity contribution in [2.24, 2.45) is 0 Å². The Bertz CT molecular complexity index is 585. The smallest absolute Gasteiger partial charge is 0.156 e. The van der Waals surface area contributed by atoms with E-state index < -0.39 is 11.6 Å².